The molecule has 0 fully saturated rings. The molecule has 8 aromatic heterocycles. The van der Waals surface area contributed by atoms with Crippen LogP contribution in [0.3, 0.4) is 0 Å². The molecule has 0 aliphatic heterocycles. The Balaban J connectivity index is -0.000000817. The Bertz CT molecular complexity index is 6080. The van der Waals surface area contributed by atoms with Crippen LogP contribution in [0.5, 0.6) is 0 Å². The van der Waals surface area contributed by atoms with Crippen molar-refractivity contribution in [1.29, 1.82) is 0 Å². The Morgan fingerprint density at radius 3 is 0.799 bits per heavy atom. The minimum absolute atomic E-state index is 0. The second-order valence-electron chi connectivity index (χ2n) is 26.2. The smallest absolute Gasteiger partial charge is 0.355 e. The highest BCUT2D eigenvalue weighted by molar-refractivity contribution is 9.11. The van der Waals surface area contributed by atoms with Crippen LogP contribution in [-0.4, -0.2) is 132 Å². The molecular formula is C90H112Br5Cl5F6N20O8. The van der Waals surface area contributed by atoms with Gasteiger partial charge in [0.2, 0.25) is 0 Å². The van der Waals surface area contributed by atoms with Crippen molar-refractivity contribution >= 4 is 208 Å². The molecule has 4 aromatic carbocycles. The average molecular weight is 2290 g/mol. The third-order valence-electron chi connectivity index (χ3n) is 16.5. The third kappa shape index (κ3) is 32.4. The number of nitrogens with one attached hydrogen (secondary N) is 8. The highest BCUT2D eigenvalue weighted by Crippen LogP contribution is 2.37. The number of hydrogen-bond acceptors (Lipinski definition) is 16. The lowest BCUT2D eigenvalue weighted by atomic mass is 10.1. The maximum Gasteiger partial charge on any atom is 0.435 e. The number of alkyl halides is 6. The predicted molar refractivity (Wildman–Crippen MR) is 548 cm³/mol. The van der Waals surface area contributed by atoms with E-state index in [0.29, 0.717) is 90.5 Å². The standard InChI is InChI=1S/C21H18Cl2F3N5O2.C20H18Br2ClN5O2.C19H14BrClF3N5O2.C18H14Br2ClN5O2.12CH4/c1-10(2)28-19(32)13-8-12(22)7-11(3)17(13)29-20(33)15-9-16(21(24,25)26)30-31(15)18-14(23)5-4-6-27-18;1-10(2)25-19(29)13-8-12(21)7-11(3)17(13)26-20(30)15-9-16(22)27-28(15)18-14(23)5-4-6-24-18;1-9-6-10(20)7-11(17(30)25-2)15(9)27-18(31)13-8-14(19(22,23)24)28-29(13)16-12(21)4-3-5-26-16;1-9-6-10(19)7-11(17(27)22-2)15(9)24-18(28)13-8-14(20)25-26(13)16-12(21)4-3-5-23-16;;;;;;;;;;;;/h4-10H,1-3H3,(H,28,32)(H,29,33);4-10H,1-3H3,(H,25,29)(H,26,30);3-8H,1-2H3,(H,25,30)(H,27,31);3-8H,1-2H3,(H,22,27)(H,24,28);12*1H4. The van der Waals surface area contributed by atoms with E-state index in [1.54, 1.807) is 102 Å². The van der Waals surface area contributed by atoms with Gasteiger partial charge in [0.15, 0.2) is 34.7 Å². The number of amides is 8. The molecular weight excluding hydrogens is 2180 g/mol. The van der Waals surface area contributed by atoms with Crippen molar-refractivity contribution < 1.29 is 64.7 Å². The summed E-state index contributed by atoms with van der Waals surface area (Å²) in [5.41, 5.74) is 1.20. The number of benzene rings is 4. The lowest BCUT2D eigenvalue weighted by Gasteiger charge is -2.16. The van der Waals surface area contributed by atoms with Crippen molar-refractivity contribution in [2.75, 3.05) is 35.4 Å². The molecule has 8 heterocycles. The summed E-state index contributed by atoms with van der Waals surface area (Å²) in [6.45, 7) is 14.1. The number of nitrogens with zero attached hydrogens (tertiary/aromatic N) is 12. The number of pyridine rings is 4. The molecule has 44 heteroatoms. The van der Waals surface area contributed by atoms with E-state index in [1.807, 2.05) is 32.9 Å². The van der Waals surface area contributed by atoms with E-state index in [1.165, 1.54) is 78.3 Å². The minimum atomic E-state index is -4.82. The van der Waals surface area contributed by atoms with Crippen LogP contribution in [0.2, 0.25) is 25.1 Å². The molecule has 12 rings (SSSR count). The maximum absolute atomic E-state index is 13.4. The topological polar surface area (TPSA) is 356 Å². The summed E-state index contributed by atoms with van der Waals surface area (Å²) in [4.78, 5) is 118. The first-order valence-electron chi connectivity index (χ1n) is 35.2. The maximum atomic E-state index is 13.4. The van der Waals surface area contributed by atoms with Crippen molar-refractivity contribution in [1.82, 2.24) is 80.3 Å². The number of hydrogen-bond donors (Lipinski definition) is 8. The van der Waals surface area contributed by atoms with Gasteiger partial charge in [0.05, 0.1) is 65.1 Å². The van der Waals surface area contributed by atoms with E-state index in [-0.39, 0.29) is 174 Å². The number of carbonyl (C=O) groups is 8. The Hall–Kier alpha value is -10.5. The first kappa shape index (κ1) is 130. The molecule has 732 valence electrons. The Kier molecular flexibility index (Phi) is 54.4. The van der Waals surface area contributed by atoms with Crippen molar-refractivity contribution in [2.24, 2.45) is 0 Å². The molecule has 0 unspecified atom stereocenters. The van der Waals surface area contributed by atoms with Gasteiger partial charge in [-0.1, -0.05) is 195 Å². The monoisotopic (exact) mass is 2280 g/mol. The van der Waals surface area contributed by atoms with Crippen LogP contribution < -0.4 is 42.5 Å². The van der Waals surface area contributed by atoms with Crippen LogP contribution in [-0.2, 0) is 12.4 Å². The lowest BCUT2D eigenvalue weighted by Crippen LogP contribution is -2.31. The molecule has 0 atom stereocenters. The summed E-state index contributed by atoms with van der Waals surface area (Å²) < 4.78 is 87.0. The van der Waals surface area contributed by atoms with Crippen molar-refractivity contribution in [3.63, 3.8) is 0 Å². The largest absolute Gasteiger partial charge is 0.435 e. The van der Waals surface area contributed by atoms with Gasteiger partial charge in [0.25, 0.3) is 47.3 Å². The Labute approximate surface area is 845 Å². The van der Waals surface area contributed by atoms with Gasteiger partial charge in [-0.25, -0.2) is 38.7 Å². The van der Waals surface area contributed by atoms with Crippen LogP contribution in [0.25, 0.3) is 23.3 Å². The molecule has 0 spiro atoms. The van der Waals surface area contributed by atoms with Crippen LogP contribution in [0.4, 0.5) is 49.1 Å². The fraction of sp³-hybridized carbons (Fsp3) is 0.289. The van der Waals surface area contributed by atoms with E-state index >= 15 is 0 Å². The Morgan fingerprint density at radius 1 is 0.328 bits per heavy atom. The SMILES string of the molecule is C.C.C.C.C.C.C.C.C.C.C.C.CNC(=O)c1cc(Br)cc(C)c1NC(=O)c1cc(Br)nn1-c1ncccc1Cl.CNC(=O)c1cc(Br)cc(C)c1NC(=O)c1cc(C(F)(F)F)nn1-c1ncccc1Cl.Cc1cc(Br)cc(C(=O)NC(C)C)c1NC(=O)c1cc(Br)nn1-c1ncccc1Cl.Cc1cc(Cl)cc(C(=O)NC(C)C)c1NC(=O)c1cc(C(F)(F)F)nn1-c1ncccc1Cl. The van der Waals surface area contributed by atoms with E-state index in [0.717, 1.165) is 20.1 Å². The number of halogens is 16. The number of anilines is 4. The van der Waals surface area contributed by atoms with Gasteiger partial charge in [-0.3, -0.25) is 38.4 Å². The van der Waals surface area contributed by atoms with Crippen LogP contribution in [0.1, 0.15) is 234 Å². The summed E-state index contributed by atoms with van der Waals surface area (Å²) in [6.07, 6.45) is -3.90. The van der Waals surface area contributed by atoms with Gasteiger partial charge in [-0.15, -0.1) is 0 Å². The second-order valence-corrected chi connectivity index (χ2v) is 32.7. The fourth-order valence-electron chi connectivity index (χ4n) is 11.2. The molecule has 8 amide bonds. The van der Waals surface area contributed by atoms with E-state index < -0.39 is 70.6 Å². The van der Waals surface area contributed by atoms with Crippen LogP contribution in [0, 0.1) is 27.7 Å². The fourth-order valence-corrected chi connectivity index (χ4v) is 14.7. The zero-order valence-corrected chi connectivity index (χ0v) is 76.4. The van der Waals surface area contributed by atoms with Gasteiger partial charge < -0.3 is 42.5 Å². The summed E-state index contributed by atoms with van der Waals surface area (Å²) in [7, 11) is 2.94. The third-order valence-corrected chi connectivity index (χ3v) is 20.0. The van der Waals surface area contributed by atoms with Gasteiger partial charge in [-0.2, -0.15) is 46.7 Å². The van der Waals surface area contributed by atoms with E-state index in [9.17, 15) is 64.7 Å². The number of aryl methyl sites for hydroxylation is 4. The van der Waals surface area contributed by atoms with Crippen molar-refractivity contribution in [3.8, 4) is 23.3 Å². The molecule has 0 radical (unpaired) electrons. The number of aromatic nitrogens is 12. The summed E-state index contributed by atoms with van der Waals surface area (Å²) in [6, 6.07) is 29.4. The molecule has 134 heavy (non-hydrogen) atoms. The first-order valence-corrected chi connectivity index (χ1v) is 41.1. The normalized spacial score (nSPS) is 10.1. The van der Waals surface area contributed by atoms with Crippen LogP contribution in [0.15, 0.2) is 169 Å². The highest BCUT2D eigenvalue weighted by Gasteiger charge is 2.39. The lowest BCUT2D eigenvalue weighted by molar-refractivity contribution is -0.142. The highest BCUT2D eigenvalue weighted by atomic mass is 79.9. The summed E-state index contributed by atoms with van der Waals surface area (Å²) in [5.74, 6) is -4.08. The second kappa shape index (κ2) is 56.1. The minimum Gasteiger partial charge on any atom is -0.355 e. The zero-order chi connectivity index (χ0) is 89.8. The molecule has 28 nitrogen and oxygen atoms in total. The molecule has 0 saturated carbocycles. The molecule has 0 aliphatic carbocycles. The molecule has 0 aliphatic rings. The number of carbonyl (C=O) groups excluding carboxylic acids is 8. The van der Waals surface area contributed by atoms with Gasteiger partial charge in [0, 0.05) is 93.7 Å². The summed E-state index contributed by atoms with van der Waals surface area (Å²) in [5, 5.41) is 37.7. The molecule has 12 aromatic rings. The quantitative estimate of drug-likeness (QED) is 0.0370. The van der Waals surface area contributed by atoms with E-state index in [4.69, 9.17) is 58.0 Å². The predicted octanol–water partition coefficient (Wildman–Crippen LogP) is 27.1. The van der Waals surface area contributed by atoms with Crippen LogP contribution >= 0.6 is 138 Å². The first-order chi connectivity index (χ1) is 57.4. The molecule has 8 N–H and O–H groups in total. The van der Waals surface area contributed by atoms with Gasteiger partial charge in [-0.05, 0) is 207 Å². The van der Waals surface area contributed by atoms with Crippen molar-refractivity contribution in [2.45, 2.75) is 169 Å². The van der Waals surface area contributed by atoms with Crippen molar-refractivity contribution in [3.05, 3.63) is 273 Å². The zero-order valence-electron chi connectivity index (χ0n) is 64.7. The average Bonchev–Trinajstić information content (AvgIpc) is 1.66. The van der Waals surface area contributed by atoms with Gasteiger partial charge >= 0.3 is 12.4 Å². The number of rotatable bonds is 18. The molecule has 0 saturated heterocycles. The van der Waals surface area contributed by atoms with E-state index in [2.05, 4.69) is 163 Å². The summed E-state index contributed by atoms with van der Waals surface area (Å²) >= 11 is 47.3. The molecule has 0 bridgehead atoms. The van der Waals surface area contributed by atoms with Gasteiger partial charge in [0.1, 0.15) is 32.0 Å². The Morgan fingerprint density at radius 2 is 0.560 bits per heavy atom.